The third-order valence-corrected chi connectivity index (χ3v) is 4.20. The topological polar surface area (TPSA) is 67.2 Å². The fourth-order valence-electron chi connectivity index (χ4n) is 2.62. The highest BCUT2D eigenvalue weighted by molar-refractivity contribution is 6.30. The molecule has 7 heteroatoms. The molecule has 0 spiro atoms. The lowest BCUT2D eigenvalue weighted by Crippen LogP contribution is -2.34. The molecule has 0 aliphatic rings. The maximum Gasteiger partial charge on any atom is 0.254 e. The molecule has 0 saturated heterocycles. The summed E-state index contributed by atoms with van der Waals surface area (Å²) in [6, 6.07) is 14.2. The number of nitrogens with one attached hydrogen (secondary N) is 1. The normalized spacial score (nSPS) is 10.4. The van der Waals surface area contributed by atoms with Crippen LogP contribution in [0, 0.1) is 0 Å². The van der Waals surface area contributed by atoms with Crippen molar-refractivity contribution in [2.45, 2.75) is 6.54 Å². The molecule has 0 radical (unpaired) electrons. The summed E-state index contributed by atoms with van der Waals surface area (Å²) >= 11 is 5.90. The van der Waals surface area contributed by atoms with Crippen molar-refractivity contribution < 1.29 is 9.59 Å². The van der Waals surface area contributed by atoms with Crippen molar-refractivity contribution in [3.05, 3.63) is 83.4 Å². The van der Waals surface area contributed by atoms with Crippen LogP contribution in [0.5, 0.6) is 0 Å². The number of rotatable bonds is 6. The second-order valence-corrected chi connectivity index (χ2v) is 6.59. The van der Waals surface area contributed by atoms with Crippen LogP contribution >= 0.6 is 11.6 Å². The van der Waals surface area contributed by atoms with Gasteiger partial charge in [-0.3, -0.25) is 9.59 Å². The molecular formula is C20H19ClN4O2. The Balaban J connectivity index is 1.57. The Morgan fingerprint density at radius 2 is 1.96 bits per heavy atom. The molecule has 27 heavy (non-hydrogen) atoms. The number of anilines is 1. The molecule has 0 saturated carbocycles. The minimum absolute atomic E-state index is 0.0534. The fraction of sp³-hybridized carbons (Fsp3) is 0.150. The van der Waals surface area contributed by atoms with Gasteiger partial charge in [0.05, 0.1) is 12.9 Å². The third kappa shape index (κ3) is 5.18. The zero-order valence-electron chi connectivity index (χ0n) is 14.8. The Bertz CT molecular complexity index is 923. The first-order valence-electron chi connectivity index (χ1n) is 8.37. The molecule has 0 aliphatic heterocycles. The van der Waals surface area contributed by atoms with E-state index in [9.17, 15) is 9.59 Å². The molecule has 6 nitrogen and oxygen atoms in total. The minimum atomic E-state index is -0.287. The maximum absolute atomic E-state index is 12.5. The SMILES string of the molecule is CN(CC(=O)Nc1cccc(Cl)c1)C(=O)c1ccc(Cn2ccnc2)cc1. The highest BCUT2D eigenvalue weighted by Gasteiger charge is 2.15. The van der Waals surface area contributed by atoms with Crippen LogP contribution in [0.25, 0.3) is 0 Å². The average molecular weight is 383 g/mol. The Labute approximate surface area is 162 Å². The number of carbonyl (C=O) groups excluding carboxylic acids is 2. The number of hydrogen-bond donors (Lipinski definition) is 1. The van der Waals surface area contributed by atoms with E-state index in [1.54, 1.807) is 56.0 Å². The highest BCUT2D eigenvalue weighted by atomic mass is 35.5. The predicted molar refractivity (Wildman–Crippen MR) is 105 cm³/mol. The summed E-state index contributed by atoms with van der Waals surface area (Å²) in [6.07, 6.45) is 5.35. The molecule has 0 aliphatic carbocycles. The van der Waals surface area contributed by atoms with E-state index in [1.807, 2.05) is 22.9 Å². The molecule has 0 unspecified atom stereocenters. The van der Waals surface area contributed by atoms with Gasteiger partial charge in [-0.15, -0.1) is 0 Å². The van der Waals surface area contributed by atoms with Gasteiger partial charge < -0.3 is 14.8 Å². The summed E-state index contributed by atoms with van der Waals surface area (Å²) in [5, 5.41) is 3.26. The number of amides is 2. The minimum Gasteiger partial charge on any atom is -0.333 e. The van der Waals surface area contributed by atoms with Gasteiger partial charge in [-0.25, -0.2) is 4.98 Å². The summed E-state index contributed by atoms with van der Waals surface area (Å²) in [5.74, 6) is -0.504. The van der Waals surface area contributed by atoms with Gasteiger partial charge in [0.15, 0.2) is 0 Å². The molecule has 1 aromatic heterocycles. The largest absolute Gasteiger partial charge is 0.333 e. The Kier molecular flexibility index (Phi) is 5.88. The number of aromatic nitrogens is 2. The van der Waals surface area contributed by atoms with Crippen LogP contribution in [0.15, 0.2) is 67.3 Å². The van der Waals surface area contributed by atoms with Crippen molar-refractivity contribution in [2.24, 2.45) is 0 Å². The summed E-state index contributed by atoms with van der Waals surface area (Å²) in [6.45, 7) is 0.633. The number of nitrogens with zero attached hydrogens (tertiary/aromatic N) is 3. The Morgan fingerprint density at radius 3 is 2.63 bits per heavy atom. The van der Waals surface area contributed by atoms with Gasteiger partial charge in [-0.1, -0.05) is 29.8 Å². The van der Waals surface area contributed by atoms with Crippen LogP contribution < -0.4 is 5.32 Å². The van der Waals surface area contributed by atoms with Crippen LogP contribution in [0.2, 0.25) is 5.02 Å². The zero-order valence-corrected chi connectivity index (χ0v) is 15.6. The predicted octanol–water partition coefficient (Wildman–Crippen LogP) is 3.30. The quantitative estimate of drug-likeness (QED) is 0.711. The van der Waals surface area contributed by atoms with Gasteiger partial charge in [0.2, 0.25) is 5.91 Å². The number of carbonyl (C=O) groups is 2. The highest BCUT2D eigenvalue weighted by Crippen LogP contribution is 2.15. The van der Waals surface area contributed by atoms with E-state index in [0.29, 0.717) is 22.8 Å². The molecular weight excluding hydrogens is 364 g/mol. The van der Waals surface area contributed by atoms with E-state index in [0.717, 1.165) is 5.56 Å². The number of halogens is 1. The van der Waals surface area contributed by atoms with E-state index in [2.05, 4.69) is 10.3 Å². The molecule has 1 heterocycles. The van der Waals surface area contributed by atoms with Gasteiger partial charge in [0.1, 0.15) is 0 Å². The lowest BCUT2D eigenvalue weighted by atomic mass is 10.1. The Morgan fingerprint density at radius 1 is 1.19 bits per heavy atom. The van der Waals surface area contributed by atoms with Crippen molar-refractivity contribution in [3.63, 3.8) is 0 Å². The monoisotopic (exact) mass is 382 g/mol. The molecule has 2 aromatic carbocycles. The van der Waals surface area contributed by atoms with E-state index in [4.69, 9.17) is 11.6 Å². The molecule has 0 bridgehead atoms. The Hall–Kier alpha value is -3.12. The summed E-state index contributed by atoms with van der Waals surface area (Å²) in [5.41, 5.74) is 2.19. The number of imidazole rings is 1. The van der Waals surface area contributed by atoms with Gasteiger partial charge in [0, 0.05) is 42.3 Å². The van der Waals surface area contributed by atoms with Crippen molar-refractivity contribution in [1.29, 1.82) is 0 Å². The first-order chi connectivity index (χ1) is 13.0. The van der Waals surface area contributed by atoms with Crippen molar-refractivity contribution in [3.8, 4) is 0 Å². The number of hydrogen-bond acceptors (Lipinski definition) is 3. The van der Waals surface area contributed by atoms with Gasteiger partial charge in [0.25, 0.3) is 5.91 Å². The third-order valence-electron chi connectivity index (χ3n) is 3.96. The van der Waals surface area contributed by atoms with E-state index < -0.39 is 0 Å². The summed E-state index contributed by atoms with van der Waals surface area (Å²) in [7, 11) is 1.60. The number of likely N-dealkylation sites (N-methyl/N-ethyl adjacent to an activating group) is 1. The first-order valence-corrected chi connectivity index (χ1v) is 8.74. The molecule has 3 rings (SSSR count). The van der Waals surface area contributed by atoms with E-state index in [1.165, 1.54) is 4.90 Å². The van der Waals surface area contributed by atoms with Gasteiger partial charge in [-0.2, -0.15) is 0 Å². The van der Waals surface area contributed by atoms with Crippen LogP contribution in [0.3, 0.4) is 0 Å². The lowest BCUT2D eigenvalue weighted by Gasteiger charge is -2.17. The summed E-state index contributed by atoms with van der Waals surface area (Å²) in [4.78, 5) is 30.1. The molecule has 2 amide bonds. The average Bonchev–Trinajstić information content (AvgIpc) is 3.14. The lowest BCUT2D eigenvalue weighted by molar-refractivity contribution is -0.116. The second-order valence-electron chi connectivity index (χ2n) is 6.15. The molecule has 0 fully saturated rings. The van der Waals surface area contributed by atoms with Crippen LogP contribution in [0.4, 0.5) is 5.69 Å². The van der Waals surface area contributed by atoms with Crippen molar-refractivity contribution in [2.75, 3.05) is 18.9 Å². The zero-order chi connectivity index (χ0) is 19.2. The molecule has 3 aromatic rings. The van der Waals surface area contributed by atoms with Crippen LogP contribution in [-0.4, -0.2) is 39.9 Å². The molecule has 138 valence electrons. The fourth-order valence-corrected chi connectivity index (χ4v) is 2.81. The molecule has 1 N–H and O–H groups in total. The standard InChI is InChI=1S/C20H19ClN4O2/c1-24(13-19(26)23-18-4-2-3-17(21)11-18)20(27)16-7-5-15(6-8-16)12-25-10-9-22-14-25/h2-11,14H,12-13H2,1H3,(H,23,26). The second kappa shape index (κ2) is 8.51. The van der Waals surface area contributed by atoms with Gasteiger partial charge in [-0.05, 0) is 35.9 Å². The smallest absolute Gasteiger partial charge is 0.254 e. The first kappa shape index (κ1) is 18.7. The van der Waals surface area contributed by atoms with Gasteiger partial charge >= 0.3 is 0 Å². The summed E-state index contributed by atoms with van der Waals surface area (Å²) < 4.78 is 1.95. The maximum atomic E-state index is 12.5. The molecule has 0 atom stereocenters. The van der Waals surface area contributed by atoms with Crippen LogP contribution in [0.1, 0.15) is 15.9 Å². The van der Waals surface area contributed by atoms with Crippen LogP contribution in [-0.2, 0) is 11.3 Å². The number of benzene rings is 2. The van der Waals surface area contributed by atoms with E-state index in [-0.39, 0.29) is 18.4 Å². The van der Waals surface area contributed by atoms with Crippen molar-refractivity contribution in [1.82, 2.24) is 14.5 Å². The van der Waals surface area contributed by atoms with Crippen molar-refractivity contribution >= 4 is 29.1 Å². The van der Waals surface area contributed by atoms with E-state index >= 15 is 0 Å².